The Bertz CT molecular complexity index is 743. The average Bonchev–Trinajstić information content (AvgIpc) is 2.65. The Hall–Kier alpha value is -2.82. The highest BCUT2D eigenvalue weighted by molar-refractivity contribution is 5.78. The Balaban J connectivity index is 1.92. The lowest BCUT2D eigenvalue weighted by Crippen LogP contribution is -2.31. The standard InChI is InChI=1S/C21H25NO4/c1-15-8-7-11-19(16(15)2)26-13-12-20(23)22-18(14-21(24)25-3)17-9-5-4-6-10-17/h4-11,18H,12-14H2,1-3H3,(H,22,23)/t18-/m1/s1. The van der Waals surface area contributed by atoms with E-state index < -0.39 is 6.04 Å². The van der Waals surface area contributed by atoms with Gasteiger partial charge in [-0.05, 0) is 36.6 Å². The van der Waals surface area contributed by atoms with Crippen molar-refractivity contribution in [1.29, 1.82) is 0 Å². The summed E-state index contributed by atoms with van der Waals surface area (Å²) in [4.78, 5) is 23.9. The fraction of sp³-hybridized carbons (Fsp3) is 0.333. The molecule has 1 amide bonds. The van der Waals surface area contributed by atoms with Crippen molar-refractivity contribution in [3.8, 4) is 5.75 Å². The summed E-state index contributed by atoms with van der Waals surface area (Å²) in [5.74, 6) is 0.242. The van der Waals surface area contributed by atoms with Gasteiger partial charge in [-0.1, -0.05) is 42.5 Å². The molecule has 0 saturated carbocycles. The first-order chi connectivity index (χ1) is 12.5. The molecule has 0 spiro atoms. The SMILES string of the molecule is COC(=O)C[C@@H](NC(=O)CCOc1cccc(C)c1C)c1ccccc1. The number of esters is 1. The van der Waals surface area contributed by atoms with Crippen LogP contribution in [-0.2, 0) is 14.3 Å². The van der Waals surface area contributed by atoms with Crippen molar-refractivity contribution in [3.63, 3.8) is 0 Å². The fourth-order valence-corrected chi connectivity index (χ4v) is 2.59. The minimum absolute atomic E-state index is 0.0874. The van der Waals surface area contributed by atoms with Gasteiger partial charge in [-0.2, -0.15) is 0 Å². The zero-order chi connectivity index (χ0) is 18.9. The monoisotopic (exact) mass is 355 g/mol. The van der Waals surface area contributed by atoms with Crippen LogP contribution in [0.25, 0.3) is 0 Å². The molecular weight excluding hydrogens is 330 g/mol. The number of rotatable bonds is 8. The van der Waals surface area contributed by atoms with Gasteiger partial charge in [-0.3, -0.25) is 9.59 Å². The number of carbonyl (C=O) groups is 2. The molecule has 0 aromatic heterocycles. The van der Waals surface area contributed by atoms with Gasteiger partial charge in [0.25, 0.3) is 0 Å². The van der Waals surface area contributed by atoms with Gasteiger partial charge in [0.1, 0.15) is 5.75 Å². The topological polar surface area (TPSA) is 64.6 Å². The van der Waals surface area contributed by atoms with Crippen molar-refractivity contribution < 1.29 is 19.1 Å². The van der Waals surface area contributed by atoms with Crippen LogP contribution in [0.3, 0.4) is 0 Å². The van der Waals surface area contributed by atoms with Crippen LogP contribution >= 0.6 is 0 Å². The molecule has 26 heavy (non-hydrogen) atoms. The highest BCUT2D eigenvalue weighted by Gasteiger charge is 2.18. The second-order valence-corrected chi connectivity index (χ2v) is 6.11. The van der Waals surface area contributed by atoms with Gasteiger partial charge in [-0.25, -0.2) is 0 Å². The van der Waals surface area contributed by atoms with Crippen LogP contribution in [0.2, 0.25) is 0 Å². The van der Waals surface area contributed by atoms with E-state index in [0.717, 1.165) is 22.4 Å². The van der Waals surface area contributed by atoms with E-state index in [0.29, 0.717) is 0 Å². The molecule has 5 nitrogen and oxygen atoms in total. The number of hydrogen-bond acceptors (Lipinski definition) is 4. The summed E-state index contributed by atoms with van der Waals surface area (Å²) in [6.45, 7) is 4.29. The Morgan fingerprint density at radius 3 is 2.46 bits per heavy atom. The number of methoxy groups -OCH3 is 1. The lowest BCUT2D eigenvalue weighted by molar-refractivity contribution is -0.141. The van der Waals surface area contributed by atoms with Crippen molar-refractivity contribution in [2.75, 3.05) is 13.7 Å². The van der Waals surface area contributed by atoms with Gasteiger partial charge in [0.05, 0.1) is 32.6 Å². The van der Waals surface area contributed by atoms with Crippen LogP contribution in [-0.4, -0.2) is 25.6 Å². The Morgan fingerprint density at radius 1 is 1.04 bits per heavy atom. The molecule has 2 rings (SSSR count). The molecule has 1 N–H and O–H groups in total. The van der Waals surface area contributed by atoms with Gasteiger partial charge in [0.15, 0.2) is 0 Å². The maximum absolute atomic E-state index is 12.3. The molecule has 2 aromatic carbocycles. The van der Waals surface area contributed by atoms with Crippen LogP contribution in [0.15, 0.2) is 48.5 Å². The third-order valence-corrected chi connectivity index (χ3v) is 4.28. The average molecular weight is 355 g/mol. The summed E-state index contributed by atoms with van der Waals surface area (Å²) < 4.78 is 10.5. The summed E-state index contributed by atoms with van der Waals surface area (Å²) in [6, 6.07) is 14.8. The predicted octanol–water partition coefficient (Wildman–Crippen LogP) is 3.49. The fourth-order valence-electron chi connectivity index (χ4n) is 2.59. The van der Waals surface area contributed by atoms with Crippen molar-refractivity contribution >= 4 is 11.9 Å². The molecule has 0 heterocycles. The van der Waals surface area contributed by atoms with Crippen molar-refractivity contribution in [1.82, 2.24) is 5.32 Å². The molecule has 0 aliphatic heterocycles. The third kappa shape index (κ3) is 5.62. The van der Waals surface area contributed by atoms with Crippen LogP contribution in [0, 0.1) is 13.8 Å². The zero-order valence-corrected chi connectivity index (χ0v) is 15.5. The van der Waals surface area contributed by atoms with E-state index in [2.05, 4.69) is 5.32 Å². The van der Waals surface area contributed by atoms with E-state index in [4.69, 9.17) is 9.47 Å². The van der Waals surface area contributed by atoms with E-state index in [1.54, 1.807) is 0 Å². The number of ether oxygens (including phenoxy) is 2. The van der Waals surface area contributed by atoms with Crippen molar-refractivity contribution in [2.45, 2.75) is 32.7 Å². The van der Waals surface area contributed by atoms with Crippen LogP contribution < -0.4 is 10.1 Å². The number of aryl methyl sites for hydroxylation is 1. The van der Waals surface area contributed by atoms with Crippen LogP contribution in [0.4, 0.5) is 0 Å². The first-order valence-electron chi connectivity index (χ1n) is 8.61. The van der Waals surface area contributed by atoms with Crippen LogP contribution in [0.1, 0.15) is 35.6 Å². The number of carbonyl (C=O) groups excluding carboxylic acids is 2. The minimum atomic E-state index is -0.420. The quantitative estimate of drug-likeness (QED) is 0.736. The molecule has 138 valence electrons. The lowest BCUT2D eigenvalue weighted by Gasteiger charge is -2.18. The Morgan fingerprint density at radius 2 is 1.77 bits per heavy atom. The molecule has 0 aliphatic rings. The predicted molar refractivity (Wildman–Crippen MR) is 100.0 cm³/mol. The van der Waals surface area contributed by atoms with E-state index in [-0.39, 0.29) is 31.3 Å². The highest BCUT2D eigenvalue weighted by Crippen LogP contribution is 2.21. The zero-order valence-electron chi connectivity index (χ0n) is 15.5. The molecule has 1 atom stereocenters. The van der Waals surface area contributed by atoms with Gasteiger partial charge < -0.3 is 14.8 Å². The van der Waals surface area contributed by atoms with Crippen molar-refractivity contribution in [3.05, 3.63) is 65.2 Å². The van der Waals surface area contributed by atoms with Crippen molar-refractivity contribution in [2.24, 2.45) is 0 Å². The van der Waals surface area contributed by atoms with Gasteiger partial charge >= 0.3 is 5.97 Å². The smallest absolute Gasteiger partial charge is 0.307 e. The van der Waals surface area contributed by atoms with Crippen LogP contribution in [0.5, 0.6) is 5.75 Å². The Labute approximate surface area is 154 Å². The largest absolute Gasteiger partial charge is 0.493 e. The molecule has 0 bridgehead atoms. The summed E-state index contributed by atoms with van der Waals surface area (Å²) in [5.41, 5.74) is 3.08. The summed E-state index contributed by atoms with van der Waals surface area (Å²) in [6.07, 6.45) is 0.294. The lowest BCUT2D eigenvalue weighted by atomic mass is 10.0. The molecule has 0 fully saturated rings. The molecule has 0 radical (unpaired) electrons. The summed E-state index contributed by atoms with van der Waals surface area (Å²) in [5, 5.41) is 2.89. The molecule has 0 aliphatic carbocycles. The first-order valence-corrected chi connectivity index (χ1v) is 8.61. The maximum atomic E-state index is 12.3. The minimum Gasteiger partial charge on any atom is -0.493 e. The molecular formula is C21H25NO4. The number of amides is 1. The normalized spacial score (nSPS) is 11.5. The molecule has 2 aromatic rings. The number of hydrogen-bond donors (Lipinski definition) is 1. The second kappa shape index (κ2) is 9.61. The van der Waals surface area contributed by atoms with E-state index in [9.17, 15) is 9.59 Å². The first kappa shape index (κ1) is 19.5. The van der Waals surface area contributed by atoms with Gasteiger partial charge in [0, 0.05) is 0 Å². The molecule has 5 heteroatoms. The summed E-state index contributed by atoms with van der Waals surface area (Å²) in [7, 11) is 1.34. The third-order valence-electron chi connectivity index (χ3n) is 4.28. The number of benzene rings is 2. The van der Waals surface area contributed by atoms with Gasteiger partial charge in [0.2, 0.25) is 5.91 Å². The van der Waals surface area contributed by atoms with E-state index in [1.165, 1.54) is 7.11 Å². The Kier molecular flexibility index (Phi) is 7.21. The second-order valence-electron chi connectivity index (χ2n) is 6.11. The van der Waals surface area contributed by atoms with E-state index >= 15 is 0 Å². The molecule has 0 unspecified atom stereocenters. The maximum Gasteiger partial charge on any atom is 0.307 e. The van der Waals surface area contributed by atoms with Gasteiger partial charge in [-0.15, -0.1) is 0 Å². The molecule has 0 saturated heterocycles. The number of nitrogens with one attached hydrogen (secondary N) is 1. The summed E-state index contributed by atoms with van der Waals surface area (Å²) >= 11 is 0. The highest BCUT2D eigenvalue weighted by atomic mass is 16.5. The van der Waals surface area contributed by atoms with E-state index in [1.807, 2.05) is 62.4 Å².